The average Bonchev–Trinajstić information content (AvgIpc) is 3.33. The molecule has 39 heavy (non-hydrogen) atoms. The number of sulfone groups is 1. The van der Waals surface area contributed by atoms with Crippen LogP contribution in [0.5, 0.6) is 0 Å². The van der Waals surface area contributed by atoms with Crippen LogP contribution in [-0.2, 0) is 32.3 Å². The molecule has 0 aromatic carbocycles. The van der Waals surface area contributed by atoms with Crippen LogP contribution in [0.2, 0.25) is 0 Å². The number of anilines is 2. The molecular formula is C27H31N7O4S. The van der Waals surface area contributed by atoms with E-state index < -0.39 is 9.84 Å². The molecule has 0 unspecified atom stereocenters. The molecule has 0 bridgehead atoms. The molecule has 1 saturated heterocycles. The fourth-order valence-corrected chi connectivity index (χ4v) is 5.10. The fourth-order valence-electron chi connectivity index (χ4n) is 4.58. The second kappa shape index (κ2) is 11.1. The van der Waals surface area contributed by atoms with E-state index in [9.17, 15) is 13.2 Å². The summed E-state index contributed by atoms with van der Waals surface area (Å²) in [7, 11) is -3.10. The molecular weight excluding hydrogens is 518 g/mol. The van der Waals surface area contributed by atoms with E-state index in [1.807, 2.05) is 36.4 Å². The lowest BCUT2D eigenvalue weighted by atomic mass is 10.1. The zero-order chi connectivity index (χ0) is 27.6. The summed E-state index contributed by atoms with van der Waals surface area (Å²) in [5, 5.41) is 7.74. The van der Waals surface area contributed by atoms with Crippen molar-refractivity contribution in [2.45, 2.75) is 39.0 Å². The summed E-state index contributed by atoms with van der Waals surface area (Å²) in [6, 6.07) is 11.6. The molecule has 5 heterocycles. The number of rotatable bonds is 8. The van der Waals surface area contributed by atoms with Crippen LogP contribution in [0.15, 0.2) is 55.0 Å². The van der Waals surface area contributed by atoms with E-state index in [0.717, 1.165) is 41.2 Å². The van der Waals surface area contributed by atoms with Gasteiger partial charge < -0.3 is 15.0 Å². The molecule has 2 atom stereocenters. The predicted molar refractivity (Wildman–Crippen MR) is 149 cm³/mol. The normalized spacial score (nSPS) is 17.9. The van der Waals surface area contributed by atoms with Gasteiger partial charge in [-0.15, -0.1) is 0 Å². The highest BCUT2D eigenvalue weighted by Crippen LogP contribution is 2.24. The van der Waals surface area contributed by atoms with Crippen molar-refractivity contribution >= 4 is 38.2 Å². The maximum absolute atomic E-state index is 12.6. The minimum atomic E-state index is -3.10. The van der Waals surface area contributed by atoms with Crippen LogP contribution in [-0.4, -0.2) is 76.4 Å². The first-order chi connectivity index (χ1) is 18.6. The first-order valence-corrected chi connectivity index (χ1v) is 14.8. The van der Waals surface area contributed by atoms with Crippen molar-refractivity contribution < 1.29 is 17.9 Å². The lowest BCUT2D eigenvalue weighted by molar-refractivity contribution is -0.115. The smallest absolute Gasteiger partial charge is 0.230 e. The van der Waals surface area contributed by atoms with E-state index >= 15 is 0 Å². The van der Waals surface area contributed by atoms with E-state index in [0.29, 0.717) is 11.4 Å². The molecule has 1 aliphatic rings. The molecule has 0 radical (unpaired) electrons. The second-order valence-electron chi connectivity index (χ2n) is 9.96. The van der Waals surface area contributed by atoms with Gasteiger partial charge in [-0.1, -0.05) is 6.07 Å². The van der Waals surface area contributed by atoms with E-state index in [-0.39, 0.29) is 36.8 Å². The summed E-state index contributed by atoms with van der Waals surface area (Å²) in [6.07, 6.45) is 6.29. The van der Waals surface area contributed by atoms with Gasteiger partial charge in [0.15, 0.2) is 0 Å². The van der Waals surface area contributed by atoms with Gasteiger partial charge in [0.05, 0.1) is 65.4 Å². The molecule has 1 aliphatic heterocycles. The molecule has 0 aliphatic carbocycles. The third-order valence-electron chi connectivity index (χ3n) is 6.32. The third-order valence-corrected chi connectivity index (χ3v) is 7.24. The molecule has 204 valence electrons. The second-order valence-corrected chi connectivity index (χ2v) is 12.2. The Labute approximate surface area is 227 Å². The number of ether oxygens (including phenoxy) is 1. The maximum atomic E-state index is 12.6. The van der Waals surface area contributed by atoms with Gasteiger partial charge in [-0.2, -0.15) is 5.10 Å². The molecule has 5 rings (SSSR count). The van der Waals surface area contributed by atoms with Crippen LogP contribution in [0.3, 0.4) is 0 Å². The van der Waals surface area contributed by atoms with E-state index in [4.69, 9.17) is 14.7 Å². The van der Waals surface area contributed by atoms with Crippen molar-refractivity contribution in [1.82, 2.24) is 24.7 Å². The Balaban J connectivity index is 1.28. The Hall–Kier alpha value is -3.90. The lowest BCUT2D eigenvalue weighted by Gasteiger charge is -2.36. The first-order valence-electron chi connectivity index (χ1n) is 12.7. The number of fused-ring (bicyclic) bond motifs is 1. The summed E-state index contributed by atoms with van der Waals surface area (Å²) in [5.41, 5.74) is 3.29. The Morgan fingerprint density at radius 3 is 2.62 bits per heavy atom. The number of nitrogens with zero attached hydrogens (tertiary/aromatic N) is 6. The number of pyridine rings is 3. The van der Waals surface area contributed by atoms with Crippen LogP contribution in [0, 0.1) is 0 Å². The Morgan fingerprint density at radius 1 is 1.08 bits per heavy atom. The Morgan fingerprint density at radius 2 is 1.85 bits per heavy atom. The number of hydrogen-bond donors (Lipinski definition) is 1. The van der Waals surface area contributed by atoms with Crippen LogP contribution in [0.25, 0.3) is 22.3 Å². The molecule has 1 N–H and O–H groups in total. The molecule has 11 nitrogen and oxygen atoms in total. The molecule has 4 aromatic heterocycles. The van der Waals surface area contributed by atoms with Crippen LogP contribution in [0.4, 0.5) is 11.5 Å². The van der Waals surface area contributed by atoms with E-state index in [1.54, 1.807) is 12.4 Å². The molecule has 0 saturated carbocycles. The van der Waals surface area contributed by atoms with Gasteiger partial charge >= 0.3 is 0 Å². The quantitative estimate of drug-likeness (QED) is 0.352. The highest BCUT2D eigenvalue weighted by Gasteiger charge is 2.23. The average molecular weight is 550 g/mol. The molecule has 0 spiro atoms. The highest BCUT2D eigenvalue weighted by molar-refractivity contribution is 7.90. The molecule has 1 fully saturated rings. The Kier molecular flexibility index (Phi) is 7.58. The van der Waals surface area contributed by atoms with Gasteiger partial charge in [0.1, 0.15) is 15.7 Å². The SMILES string of the molecule is C[C@@H]1CN(c2cccc(-c3ccc4cnc(CC(=O)Nc5cnn(CCS(C)(=O)=O)c5)cc4n3)n2)C[C@H](C)O1. The Bertz CT molecular complexity index is 1590. The number of hydrogen-bond acceptors (Lipinski definition) is 9. The maximum Gasteiger partial charge on any atom is 0.230 e. The van der Waals surface area contributed by atoms with Crippen molar-refractivity contribution in [3.63, 3.8) is 0 Å². The number of carbonyl (C=O) groups excluding carboxylic acids is 1. The van der Waals surface area contributed by atoms with Crippen molar-refractivity contribution in [3.05, 3.63) is 60.7 Å². The van der Waals surface area contributed by atoms with Crippen LogP contribution < -0.4 is 10.2 Å². The van der Waals surface area contributed by atoms with Gasteiger partial charge in [-0.3, -0.25) is 14.5 Å². The van der Waals surface area contributed by atoms with Gasteiger partial charge in [0.25, 0.3) is 0 Å². The fraction of sp³-hybridized carbons (Fsp3) is 0.370. The minimum absolute atomic E-state index is 0.0243. The first kappa shape index (κ1) is 26.7. The molecule has 4 aromatic rings. The number of amides is 1. The highest BCUT2D eigenvalue weighted by atomic mass is 32.2. The minimum Gasteiger partial charge on any atom is -0.372 e. The zero-order valence-electron chi connectivity index (χ0n) is 22.1. The predicted octanol–water partition coefficient (Wildman–Crippen LogP) is 2.73. The van der Waals surface area contributed by atoms with Crippen LogP contribution >= 0.6 is 0 Å². The van der Waals surface area contributed by atoms with Crippen molar-refractivity contribution in [1.29, 1.82) is 0 Å². The number of aryl methyl sites for hydroxylation is 1. The van der Waals surface area contributed by atoms with Crippen molar-refractivity contribution in [3.8, 4) is 11.4 Å². The van der Waals surface area contributed by atoms with Gasteiger partial charge in [0, 0.05) is 37.1 Å². The number of carbonyl (C=O) groups is 1. The summed E-state index contributed by atoms with van der Waals surface area (Å²) < 4.78 is 30.1. The topological polar surface area (TPSA) is 132 Å². The lowest BCUT2D eigenvalue weighted by Crippen LogP contribution is -2.45. The molecule has 12 heteroatoms. The van der Waals surface area contributed by atoms with Gasteiger partial charge in [-0.05, 0) is 44.2 Å². The van der Waals surface area contributed by atoms with Crippen LogP contribution in [0.1, 0.15) is 19.5 Å². The summed E-state index contributed by atoms with van der Waals surface area (Å²) in [6.45, 7) is 5.92. The van der Waals surface area contributed by atoms with Crippen molar-refractivity contribution in [2.24, 2.45) is 0 Å². The standard InChI is InChI=1S/C27H31N7O4S/c1-18-15-33(16-19(2)38-18)26-6-4-5-23(32-26)24-8-7-20-13-28-21(11-25(20)31-24)12-27(35)30-22-14-29-34(17-22)9-10-39(3,36)37/h4-8,11,13-14,17-19H,9-10,12,15-16H2,1-3H3,(H,30,35)/t18-,19+. The zero-order valence-corrected chi connectivity index (χ0v) is 22.9. The summed E-state index contributed by atoms with van der Waals surface area (Å²) >= 11 is 0. The largest absolute Gasteiger partial charge is 0.372 e. The van der Waals surface area contributed by atoms with Gasteiger partial charge in [0.2, 0.25) is 5.91 Å². The third kappa shape index (κ3) is 6.95. The molecule has 1 amide bonds. The monoisotopic (exact) mass is 549 g/mol. The summed E-state index contributed by atoms with van der Waals surface area (Å²) in [5.74, 6) is 0.607. The number of morpholine rings is 1. The van der Waals surface area contributed by atoms with E-state index in [1.165, 1.54) is 17.1 Å². The van der Waals surface area contributed by atoms with Crippen molar-refractivity contribution in [2.75, 3.05) is 35.3 Å². The number of nitrogens with one attached hydrogen (secondary N) is 1. The number of aromatic nitrogens is 5. The van der Waals surface area contributed by atoms with E-state index in [2.05, 4.69) is 34.1 Å². The van der Waals surface area contributed by atoms with Gasteiger partial charge in [-0.25, -0.2) is 18.4 Å². The summed E-state index contributed by atoms with van der Waals surface area (Å²) in [4.78, 5) is 29.0.